The topological polar surface area (TPSA) is 72.1 Å². The molecule has 3 aromatic rings. The van der Waals surface area contributed by atoms with Gasteiger partial charge in [0.05, 0.1) is 6.04 Å². The molecule has 1 unspecified atom stereocenters. The fraction of sp³-hybridized carbons (Fsp3) is 0.308. The fourth-order valence-electron chi connectivity index (χ4n) is 2.75. The summed E-state index contributed by atoms with van der Waals surface area (Å²) in [5.74, 6) is 0.899. The number of hydrogen-bond donors (Lipinski definition) is 0. The SMILES string of the molecule is c1cncc(C2CCCN2c2ccc3nnnn3n2)c1. The van der Waals surface area contributed by atoms with E-state index >= 15 is 0 Å². The van der Waals surface area contributed by atoms with E-state index in [-0.39, 0.29) is 0 Å². The number of nitrogens with zero attached hydrogens (tertiary/aromatic N) is 7. The van der Waals surface area contributed by atoms with Crippen LogP contribution in [0.2, 0.25) is 0 Å². The van der Waals surface area contributed by atoms with Gasteiger partial charge < -0.3 is 4.90 Å². The standard InChI is InChI=1S/C13H13N7/c1-3-10(9-14-7-1)11-4-2-8-19(11)13-6-5-12-15-17-18-20(12)16-13/h1,3,5-7,9,11H,2,4,8H2. The first-order chi connectivity index (χ1) is 9.92. The molecule has 0 radical (unpaired) electrons. The van der Waals surface area contributed by atoms with Crippen molar-refractivity contribution in [2.45, 2.75) is 18.9 Å². The lowest BCUT2D eigenvalue weighted by atomic mass is 10.1. The number of pyridine rings is 1. The van der Waals surface area contributed by atoms with E-state index in [0.29, 0.717) is 11.7 Å². The Hall–Kier alpha value is -2.57. The van der Waals surface area contributed by atoms with Gasteiger partial charge in [0, 0.05) is 18.9 Å². The Morgan fingerprint density at radius 2 is 2.20 bits per heavy atom. The second-order valence-corrected chi connectivity index (χ2v) is 4.86. The van der Waals surface area contributed by atoms with Gasteiger partial charge in [-0.3, -0.25) is 4.98 Å². The molecule has 1 aliphatic heterocycles. The molecule has 0 spiro atoms. The highest BCUT2D eigenvalue weighted by Crippen LogP contribution is 2.34. The Balaban J connectivity index is 1.72. The maximum Gasteiger partial charge on any atom is 0.200 e. The third kappa shape index (κ3) is 1.78. The molecule has 1 fully saturated rings. The molecule has 7 heteroatoms. The molecule has 0 N–H and O–H groups in total. The number of tetrazole rings is 1. The third-order valence-electron chi connectivity index (χ3n) is 3.67. The summed E-state index contributed by atoms with van der Waals surface area (Å²) >= 11 is 0. The van der Waals surface area contributed by atoms with E-state index in [1.807, 2.05) is 24.4 Å². The van der Waals surface area contributed by atoms with Crippen molar-refractivity contribution in [1.82, 2.24) is 30.2 Å². The van der Waals surface area contributed by atoms with E-state index in [2.05, 4.69) is 36.6 Å². The molecule has 1 saturated heterocycles. The summed E-state index contributed by atoms with van der Waals surface area (Å²) < 4.78 is 1.47. The van der Waals surface area contributed by atoms with Crippen molar-refractivity contribution in [2.24, 2.45) is 0 Å². The van der Waals surface area contributed by atoms with Gasteiger partial charge in [0.15, 0.2) is 11.5 Å². The smallest absolute Gasteiger partial charge is 0.200 e. The zero-order valence-electron chi connectivity index (χ0n) is 10.8. The van der Waals surface area contributed by atoms with Gasteiger partial charge in [0.1, 0.15) is 0 Å². The molecule has 0 amide bonds. The fourth-order valence-corrected chi connectivity index (χ4v) is 2.75. The zero-order chi connectivity index (χ0) is 13.4. The molecule has 0 aromatic carbocycles. The Labute approximate surface area is 115 Å². The van der Waals surface area contributed by atoms with Crippen molar-refractivity contribution in [1.29, 1.82) is 0 Å². The molecule has 4 rings (SSSR count). The summed E-state index contributed by atoms with van der Waals surface area (Å²) in [7, 11) is 0. The van der Waals surface area contributed by atoms with Gasteiger partial charge in [-0.1, -0.05) is 6.07 Å². The molecule has 7 nitrogen and oxygen atoms in total. The number of aromatic nitrogens is 6. The summed E-state index contributed by atoms with van der Waals surface area (Å²) in [4.78, 5) is 6.50. The second-order valence-electron chi connectivity index (χ2n) is 4.86. The lowest BCUT2D eigenvalue weighted by molar-refractivity contribution is 0.677. The summed E-state index contributed by atoms with van der Waals surface area (Å²) in [6, 6.07) is 8.28. The summed E-state index contributed by atoms with van der Waals surface area (Å²) in [6.45, 7) is 0.986. The highest BCUT2D eigenvalue weighted by Gasteiger charge is 2.27. The van der Waals surface area contributed by atoms with Crippen molar-refractivity contribution < 1.29 is 0 Å². The van der Waals surface area contributed by atoms with E-state index in [4.69, 9.17) is 0 Å². The normalized spacial score (nSPS) is 18.8. The monoisotopic (exact) mass is 267 g/mol. The number of hydrogen-bond acceptors (Lipinski definition) is 6. The largest absolute Gasteiger partial charge is 0.348 e. The minimum absolute atomic E-state index is 0.324. The van der Waals surface area contributed by atoms with Gasteiger partial charge >= 0.3 is 0 Å². The molecule has 0 aliphatic carbocycles. The predicted octanol–water partition coefficient (Wildman–Crippen LogP) is 1.26. The quantitative estimate of drug-likeness (QED) is 0.696. The number of fused-ring (bicyclic) bond motifs is 1. The number of anilines is 1. The van der Waals surface area contributed by atoms with Gasteiger partial charge in [-0.25, -0.2) is 0 Å². The van der Waals surface area contributed by atoms with Gasteiger partial charge in [0.2, 0.25) is 0 Å². The van der Waals surface area contributed by atoms with Crippen LogP contribution in [0, 0.1) is 0 Å². The van der Waals surface area contributed by atoms with E-state index < -0.39 is 0 Å². The van der Waals surface area contributed by atoms with Crippen LogP contribution in [0.1, 0.15) is 24.4 Å². The zero-order valence-corrected chi connectivity index (χ0v) is 10.8. The number of rotatable bonds is 2. The van der Waals surface area contributed by atoms with Gasteiger partial charge in [-0.2, -0.15) is 0 Å². The molecular weight excluding hydrogens is 254 g/mol. The first-order valence-corrected chi connectivity index (χ1v) is 6.64. The lowest BCUT2D eigenvalue weighted by Crippen LogP contribution is -2.24. The summed E-state index contributed by atoms with van der Waals surface area (Å²) in [5, 5.41) is 15.8. The molecule has 0 bridgehead atoms. The van der Waals surface area contributed by atoms with Crippen LogP contribution in [0.4, 0.5) is 5.82 Å². The van der Waals surface area contributed by atoms with Crippen LogP contribution in [-0.4, -0.2) is 36.8 Å². The van der Waals surface area contributed by atoms with Crippen molar-refractivity contribution in [3.05, 3.63) is 42.2 Å². The average molecular weight is 267 g/mol. The van der Waals surface area contributed by atoms with Crippen molar-refractivity contribution >= 4 is 11.5 Å². The maximum absolute atomic E-state index is 4.48. The Morgan fingerprint density at radius 3 is 3.10 bits per heavy atom. The third-order valence-corrected chi connectivity index (χ3v) is 3.67. The van der Waals surface area contributed by atoms with Crippen LogP contribution in [0.5, 0.6) is 0 Å². The van der Waals surface area contributed by atoms with E-state index in [0.717, 1.165) is 25.2 Å². The summed E-state index contributed by atoms with van der Waals surface area (Å²) in [6.07, 6.45) is 5.99. The minimum atomic E-state index is 0.324. The molecule has 100 valence electrons. The van der Waals surface area contributed by atoms with Crippen molar-refractivity contribution in [3.63, 3.8) is 0 Å². The highest BCUT2D eigenvalue weighted by atomic mass is 15.6. The molecule has 1 atom stereocenters. The van der Waals surface area contributed by atoms with E-state index in [1.165, 1.54) is 10.2 Å². The van der Waals surface area contributed by atoms with Crippen molar-refractivity contribution in [3.8, 4) is 0 Å². The van der Waals surface area contributed by atoms with Crippen LogP contribution in [0.3, 0.4) is 0 Å². The van der Waals surface area contributed by atoms with Crippen molar-refractivity contribution in [2.75, 3.05) is 11.4 Å². The molecule has 4 heterocycles. The summed E-state index contributed by atoms with van der Waals surface area (Å²) in [5.41, 5.74) is 1.88. The minimum Gasteiger partial charge on any atom is -0.348 e. The van der Waals surface area contributed by atoms with Crippen LogP contribution in [0.25, 0.3) is 5.65 Å². The van der Waals surface area contributed by atoms with Gasteiger partial charge in [-0.15, -0.1) is 14.8 Å². The molecular formula is C13H13N7. The van der Waals surface area contributed by atoms with Crippen LogP contribution >= 0.6 is 0 Å². The Bertz CT molecular complexity index is 724. The highest BCUT2D eigenvalue weighted by molar-refractivity contribution is 5.47. The first kappa shape index (κ1) is 11.3. The van der Waals surface area contributed by atoms with E-state index in [9.17, 15) is 0 Å². The Morgan fingerprint density at radius 1 is 1.20 bits per heavy atom. The molecule has 20 heavy (non-hydrogen) atoms. The van der Waals surface area contributed by atoms with Crippen LogP contribution in [0.15, 0.2) is 36.7 Å². The Kier molecular flexibility index (Phi) is 2.55. The van der Waals surface area contributed by atoms with Gasteiger partial charge in [0.25, 0.3) is 0 Å². The average Bonchev–Trinajstić information content (AvgIpc) is 3.16. The molecule has 1 aliphatic rings. The molecule has 0 saturated carbocycles. The second kappa shape index (κ2) is 4.52. The predicted molar refractivity (Wildman–Crippen MR) is 72.1 cm³/mol. The maximum atomic E-state index is 4.48. The van der Waals surface area contributed by atoms with Crippen LogP contribution < -0.4 is 4.90 Å². The molecule has 3 aromatic heterocycles. The first-order valence-electron chi connectivity index (χ1n) is 6.64. The van der Waals surface area contributed by atoms with Gasteiger partial charge in [-0.05, 0) is 47.0 Å². The van der Waals surface area contributed by atoms with Crippen LogP contribution in [-0.2, 0) is 0 Å². The van der Waals surface area contributed by atoms with E-state index in [1.54, 1.807) is 6.20 Å². The lowest BCUT2D eigenvalue weighted by Gasteiger charge is -2.25.